The van der Waals surface area contributed by atoms with Crippen molar-refractivity contribution in [3.63, 3.8) is 0 Å². The molecule has 5 nitrogen and oxygen atoms in total. The van der Waals surface area contributed by atoms with E-state index in [1.165, 1.54) is 18.2 Å². The van der Waals surface area contributed by atoms with Crippen molar-refractivity contribution in [1.82, 2.24) is 10.3 Å². The minimum Gasteiger partial charge on any atom is -0.370 e. The molecule has 0 saturated heterocycles. The summed E-state index contributed by atoms with van der Waals surface area (Å²) in [5.74, 6) is -1.47. The zero-order valence-electron chi connectivity index (χ0n) is 9.28. The number of aromatic nitrogens is 1. The standard InChI is InChI=1S/C11H14FN3O2/c12-9-5-3-4-8(15-9)11(17)14-7-2-1-6-10(13)16/h3-5H,1-2,6-7H2,(H2,13,16)(H,14,17). The molecular formula is C11H14FN3O2. The third-order valence-electron chi connectivity index (χ3n) is 2.08. The molecule has 0 saturated carbocycles. The molecule has 0 unspecified atom stereocenters. The predicted octanol–water partition coefficient (Wildman–Crippen LogP) is 0.606. The van der Waals surface area contributed by atoms with Gasteiger partial charge in [0.2, 0.25) is 11.9 Å². The Hall–Kier alpha value is -1.98. The molecule has 6 heteroatoms. The maximum Gasteiger partial charge on any atom is 0.269 e. The summed E-state index contributed by atoms with van der Waals surface area (Å²) in [6, 6.07) is 4.02. The molecule has 1 aromatic heterocycles. The number of nitrogens with zero attached hydrogens (tertiary/aromatic N) is 1. The van der Waals surface area contributed by atoms with E-state index in [0.717, 1.165) is 0 Å². The van der Waals surface area contributed by atoms with E-state index in [4.69, 9.17) is 5.73 Å². The molecule has 0 atom stereocenters. The lowest BCUT2D eigenvalue weighted by molar-refractivity contribution is -0.118. The lowest BCUT2D eigenvalue weighted by atomic mass is 10.2. The van der Waals surface area contributed by atoms with Gasteiger partial charge in [-0.25, -0.2) is 4.98 Å². The number of hydrogen-bond acceptors (Lipinski definition) is 3. The fraction of sp³-hybridized carbons (Fsp3) is 0.364. The average Bonchev–Trinajstić information content (AvgIpc) is 2.28. The van der Waals surface area contributed by atoms with Gasteiger partial charge >= 0.3 is 0 Å². The van der Waals surface area contributed by atoms with Crippen LogP contribution in [-0.2, 0) is 4.79 Å². The highest BCUT2D eigenvalue weighted by atomic mass is 19.1. The van der Waals surface area contributed by atoms with Gasteiger partial charge in [-0.1, -0.05) is 6.07 Å². The molecule has 0 aliphatic rings. The van der Waals surface area contributed by atoms with Gasteiger partial charge in [0.05, 0.1) is 0 Å². The molecule has 0 aliphatic heterocycles. The SMILES string of the molecule is NC(=O)CCCCNC(=O)c1cccc(F)n1. The summed E-state index contributed by atoms with van der Waals surface area (Å²) in [5.41, 5.74) is 5.01. The number of rotatable bonds is 6. The van der Waals surface area contributed by atoms with Crippen molar-refractivity contribution in [3.8, 4) is 0 Å². The van der Waals surface area contributed by atoms with Crippen molar-refractivity contribution < 1.29 is 14.0 Å². The van der Waals surface area contributed by atoms with Crippen LogP contribution in [0.1, 0.15) is 29.8 Å². The van der Waals surface area contributed by atoms with E-state index in [2.05, 4.69) is 10.3 Å². The molecule has 0 bridgehead atoms. The Morgan fingerprint density at radius 2 is 2.12 bits per heavy atom. The van der Waals surface area contributed by atoms with E-state index in [9.17, 15) is 14.0 Å². The van der Waals surface area contributed by atoms with Crippen molar-refractivity contribution in [1.29, 1.82) is 0 Å². The molecule has 1 aromatic rings. The first kappa shape index (κ1) is 13.1. The van der Waals surface area contributed by atoms with Crippen LogP contribution in [-0.4, -0.2) is 23.3 Å². The average molecular weight is 239 g/mol. The van der Waals surface area contributed by atoms with Gasteiger partial charge in [-0.15, -0.1) is 0 Å². The van der Waals surface area contributed by atoms with Gasteiger partial charge in [0, 0.05) is 13.0 Å². The van der Waals surface area contributed by atoms with Gasteiger partial charge < -0.3 is 11.1 Å². The van der Waals surface area contributed by atoms with Crippen molar-refractivity contribution >= 4 is 11.8 Å². The van der Waals surface area contributed by atoms with E-state index < -0.39 is 11.9 Å². The van der Waals surface area contributed by atoms with Crippen LogP contribution in [0.4, 0.5) is 4.39 Å². The molecule has 3 N–H and O–H groups in total. The third-order valence-corrected chi connectivity index (χ3v) is 2.08. The zero-order chi connectivity index (χ0) is 12.7. The van der Waals surface area contributed by atoms with Crippen LogP contribution in [0.25, 0.3) is 0 Å². The quantitative estimate of drug-likeness (QED) is 0.563. The summed E-state index contributed by atoms with van der Waals surface area (Å²) in [6.45, 7) is 0.407. The highest BCUT2D eigenvalue weighted by molar-refractivity contribution is 5.92. The van der Waals surface area contributed by atoms with Crippen molar-refractivity contribution in [2.75, 3.05) is 6.54 Å². The topological polar surface area (TPSA) is 85.1 Å². The fourth-order valence-corrected chi connectivity index (χ4v) is 1.25. The van der Waals surface area contributed by atoms with Crippen LogP contribution in [0.5, 0.6) is 0 Å². The molecule has 17 heavy (non-hydrogen) atoms. The second-order valence-electron chi connectivity index (χ2n) is 3.52. The number of hydrogen-bond donors (Lipinski definition) is 2. The van der Waals surface area contributed by atoms with Gasteiger partial charge in [0.15, 0.2) is 0 Å². The van der Waals surface area contributed by atoms with E-state index in [1.54, 1.807) is 0 Å². The van der Waals surface area contributed by atoms with Gasteiger partial charge in [0.1, 0.15) is 5.69 Å². The van der Waals surface area contributed by atoms with Crippen LogP contribution < -0.4 is 11.1 Å². The Morgan fingerprint density at radius 3 is 2.76 bits per heavy atom. The summed E-state index contributed by atoms with van der Waals surface area (Å²) < 4.78 is 12.7. The first-order valence-corrected chi connectivity index (χ1v) is 5.28. The van der Waals surface area contributed by atoms with E-state index in [0.29, 0.717) is 25.8 Å². The van der Waals surface area contributed by atoms with Crippen LogP contribution >= 0.6 is 0 Å². The number of amides is 2. The Morgan fingerprint density at radius 1 is 1.35 bits per heavy atom. The predicted molar refractivity (Wildman–Crippen MR) is 59.6 cm³/mol. The number of carbonyl (C=O) groups is 2. The summed E-state index contributed by atoms with van der Waals surface area (Å²) in [6.07, 6.45) is 1.56. The molecule has 1 heterocycles. The van der Waals surface area contributed by atoms with E-state index >= 15 is 0 Å². The fourth-order valence-electron chi connectivity index (χ4n) is 1.25. The van der Waals surface area contributed by atoms with Gasteiger partial charge in [0.25, 0.3) is 5.91 Å². The van der Waals surface area contributed by atoms with Crippen LogP contribution in [0.3, 0.4) is 0 Å². The monoisotopic (exact) mass is 239 g/mol. The summed E-state index contributed by atoms with van der Waals surface area (Å²) in [4.78, 5) is 25.3. The smallest absolute Gasteiger partial charge is 0.269 e. The van der Waals surface area contributed by atoms with E-state index in [-0.39, 0.29) is 11.6 Å². The maximum absolute atomic E-state index is 12.7. The Labute approximate surface area is 98.2 Å². The molecule has 0 aliphatic carbocycles. The molecule has 0 fully saturated rings. The largest absolute Gasteiger partial charge is 0.370 e. The number of pyridine rings is 1. The molecule has 0 radical (unpaired) electrons. The first-order valence-electron chi connectivity index (χ1n) is 5.28. The number of carbonyl (C=O) groups excluding carboxylic acids is 2. The van der Waals surface area contributed by atoms with Gasteiger partial charge in [-0.2, -0.15) is 4.39 Å². The molecule has 0 aromatic carbocycles. The highest BCUT2D eigenvalue weighted by Crippen LogP contribution is 1.98. The summed E-state index contributed by atoms with van der Waals surface area (Å²) >= 11 is 0. The second-order valence-corrected chi connectivity index (χ2v) is 3.52. The van der Waals surface area contributed by atoms with E-state index in [1.807, 2.05) is 0 Å². The second kappa shape index (κ2) is 6.57. The maximum atomic E-state index is 12.7. The molecule has 0 spiro atoms. The summed E-state index contributed by atoms with van der Waals surface area (Å²) in [5, 5.41) is 2.58. The zero-order valence-corrected chi connectivity index (χ0v) is 9.28. The number of primary amides is 1. The number of halogens is 1. The lowest BCUT2D eigenvalue weighted by Gasteiger charge is -2.03. The Balaban J connectivity index is 2.28. The lowest BCUT2D eigenvalue weighted by Crippen LogP contribution is -2.25. The molecule has 2 amide bonds. The molecule has 1 rings (SSSR count). The van der Waals surface area contributed by atoms with Crippen LogP contribution in [0, 0.1) is 5.95 Å². The third kappa shape index (κ3) is 5.05. The number of unbranched alkanes of at least 4 members (excludes halogenated alkanes) is 1. The Bertz CT molecular complexity index is 409. The molecule has 92 valence electrons. The Kier molecular flexibility index (Phi) is 5.06. The van der Waals surface area contributed by atoms with Crippen molar-refractivity contribution in [2.24, 2.45) is 5.73 Å². The number of nitrogens with one attached hydrogen (secondary N) is 1. The minimum atomic E-state index is -0.689. The highest BCUT2D eigenvalue weighted by Gasteiger charge is 2.06. The molecular weight excluding hydrogens is 225 g/mol. The van der Waals surface area contributed by atoms with Crippen LogP contribution in [0.15, 0.2) is 18.2 Å². The minimum absolute atomic E-state index is 0.0416. The van der Waals surface area contributed by atoms with Gasteiger partial charge in [-0.3, -0.25) is 9.59 Å². The van der Waals surface area contributed by atoms with Crippen molar-refractivity contribution in [3.05, 3.63) is 29.8 Å². The number of nitrogens with two attached hydrogens (primary N) is 1. The summed E-state index contributed by atoms with van der Waals surface area (Å²) in [7, 11) is 0. The normalized spacial score (nSPS) is 9.94. The first-order chi connectivity index (χ1) is 8.09. The van der Waals surface area contributed by atoms with Crippen molar-refractivity contribution in [2.45, 2.75) is 19.3 Å². The van der Waals surface area contributed by atoms with Gasteiger partial charge in [-0.05, 0) is 25.0 Å². The van der Waals surface area contributed by atoms with Crippen LogP contribution in [0.2, 0.25) is 0 Å².